The fourth-order valence-corrected chi connectivity index (χ4v) is 4.56. The molecule has 0 radical (unpaired) electrons. The highest BCUT2D eigenvalue weighted by Crippen LogP contribution is 2.26. The van der Waals surface area contributed by atoms with Crippen LogP contribution >= 0.6 is 0 Å². The number of carbonyl (C=O) groups excluding carboxylic acids is 2. The van der Waals surface area contributed by atoms with Gasteiger partial charge in [-0.2, -0.15) is 0 Å². The Kier molecular flexibility index (Phi) is 7.05. The van der Waals surface area contributed by atoms with Gasteiger partial charge < -0.3 is 9.80 Å². The minimum Gasteiger partial charge on any atom is -0.341 e. The first-order valence-electron chi connectivity index (χ1n) is 10.6. The molecule has 6 heteroatoms. The van der Waals surface area contributed by atoms with Gasteiger partial charge in [0.2, 0.25) is 11.8 Å². The summed E-state index contributed by atoms with van der Waals surface area (Å²) in [6.45, 7) is 8.25. The van der Waals surface area contributed by atoms with Crippen LogP contribution < -0.4 is 0 Å². The van der Waals surface area contributed by atoms with E-state index < -0.39 is 0 Å². The van der Waals surface area contributed by atoms with Gasteiger partial charge in [-0.25, -0.2) is 4.39 Å². The van der Waals surface area contributed by atoms with Crippen molar-refractivity contribution < 1.29 is 14.0 Å². The maximum atomic E-state index is 13.5. The van der Waals surface area contributed by atoms with Crippen molar-refractivity contribution in [1.82, 2.24) is 14.7 Å². The summed E-state index contributed by atoms with van der Waals surface area (Å²) in [4.78, 5) is 32.0. The first-order chi connectivity index (χ1) is 13.5. The molecule has 3 rings (SSSR count). The van der Waals surface area contributed by atoms with Crippen LogP contribution in [0.15, 0.2) is 24.3 Å². The van der Waals surface area contributed by atoms with Gasteiger partial charge in [0, 0.05) is 32.7 Å². The molecular formula is C22H32FN3O2. The SMILES string of the molecule is CCN(CC)C(=O)C1CCCN1C(=O)C1CCCN(Cc2cccc(F)c2)C1. The third-order valence-electron chi connectivity index (χ3n) is 6.05. The van der Waals surface area contributed by atoms with Crippen molar-refractivity contribution in [3.05, 3.63) is 35.6 Å². The summed E-state index contributed by atoms with van der Waals surface area (Å²) in [5.41, 5.74) is 0.934. The molecule has 1 aromatic rings. The molecule has 2 aliphatic rings. The molecule has 5 nitrogen and oxygen atoms in total. The van der Waals surface area contributed by atoms with Crippen molar-refractivity contribution in [3.8, 4) is 0 Å². The van der Waals surface area contributed by atoms with Gasteiger partial charge in [0.25, 0.3) is 0 Å². The highest BCUT2D eigenvalue weighted by Gasteiger charge is 2.39. The van der Waals surface area contributed by atoms with Gasteiger partial charge in [-0.3, -0.25) is 14.5 Å². The van der Waals surface area contributed by atoms with Crippen molar-refractivity contribution in [2.45, 2.75) is 52.1 Å². The lowest BCUT2D eigenvalue weighted by molar-refractivity contribution is -0.147. The molecule has 154 valence electrons. The quantitative estimate of drug-likeness (QED) is 0.751. The molecule has 2 atom stereocenters. The molecule has 2 heterocycles. The van der Waals surface area contributed by atoms with Crippen LogP contribution in [-0.2, 0) is 16.1 Å². The van der Waals surface area contributed by atoms with Gasteiger partial charge in [-0.15, -0.1) is 0 Å². The highest BCUT2D eigenvalue weighted by atomic mass is 19.1. The third-order valence-corrected chi connectivity index (χ3v) is 6.05. The number of hydrogen-bond acceptors (Lipinski definition) is 3. The average Bonchev–Trinajstić information content (AvgIpc) is 3.18. The second-order valence-electron chi connectivity index (χ2n) is 7.90. The Morgan fingerprint density at radius 2 is 1.89 bits per heavy atom. The monoisotopic (exact) mass is 389 g/mol. The van der Waals surface area contributed by atoms with Crippen molar-refractivity contribution in [3.63, 3.8) is 0 Å². The van der Waals surface area contributed by atoms with Gasteiger partial charge in [0.15, 0.2) is 0 Å². The predicted molar refractivity (Wildman–Crippen MR) is 107 cm³/mol. The molecule has 2 saturated heterocycles. The second kappa shape index (κ2) is 9.50. The summed E-state index contributed by atoms with van der Waals surface area (Å²) in [6, 6.07) is 6.36. The summed E-state index contributed by atoms with van der Waals surface area (Å²) in [7, 11) is 0. The zero-order valence-electron chi connectivity index (χ0n) is 17.1. The standard InChI is InChI=1S/C22H32FN3O2/c1-3-25(4-2)22(28)20-11-7-13-26(20)21(27)18-9-6-12-24(16-18)15-17-8-5-10-19(23)14-17/h5,8,10,14,18,20H,3-4,6-7,9,11-13,15-16H2,1-2H3. The molecule has 0 saturated carbocycles. The Morgan fingerprint density at radius 3 is 2.61 bits per heavy atom. The number of benzene rings is 1. The van der Waals surface area contributed by atoms with Gasteiger partial charge in [-0.05, 0) is 63.8 Å². The zero-order chi connectivity index (χ0) is 20.1. The van der Waals surface area contributed by atoms with Crippen molar-refractivity contribution >= 4 is 11.8 Å². The third kappa shape index (κ3) is 4.72. The summed E-state index contributed by atoms with van der Waals surface area (Å²) in [5.74, 6) is -0.0976. The number of carbonyl (C=O) groups is 2. The fraction of sp³-hybridized carbons (Fsp3) is 0.636. The summed E-state index contributed by atoms with van der Waals surface area (Å²) in [5, 5.41) is 0. The normalized spacial score (nSPS) is 23.0. The minimum absolute atomic E-state index is 0.0765. The van der Waals surface area contributed by atoms with Gasteiger partial charge in [-0.1, -0.05) is 12.1 Å². The number of nitrogens with zero attached hydrogens (tertiary/aromatic N) is 3. The van der Waals surface area contributed by atoms with E-state index in [2.05, 4.69) is 4.90 Å². The Balaban J connectivity index is 1.63. The average molecular weight is 390 g/mol. The molecule has 0 bridgehead atoms. The van der Waals surface area contributed by atoms with Gasteiger partial charge in [0.05, 0.1) is 5.92 Å². The van der Waals surface area contributed by atoms with Crippen LogP contribution in [0.25, 0.3) is 0 Å². The number of hydrogen-bond donors (Lipinski definition) is 0. The van der Waals surface area contributed by atoms with Crippen molar-refractivity contribution in [1.29, 1.82) is 0 Å². The van der Waals surface area contributed by atoms with E-state index in [-0.39, 0.29) is 29.6 Å². The predicted octanol–water partition coefficient (Wildman–Crippen LogP) is 2.90. The van der Waals surface area contributed by atoms with Crippen LogP contribution in [0.1, 0.15) is 45.1 Å². The van der Waals surface area contributed by atoms with Crippen molar-refractivity contribution in [2.24, 2.45) is 5.92 Å². The smallest absolute Gasteiger partial charge is 0.245 e. The van der Waals surface area contributed by atoms with E-state index in [0.717, 1.165) is 37.8 Å². The number of halogens is 1. The number of likely N-dealkylation sites (N-methyl/N-ethyl adjacent to an activating group) is 1. The molecule has 0 aromatic heterocycles. The minimum atomic E-state index is -0.300. The lowest BCUT2D eigenvalue weighted by Crippen LogP contribution is -2.51. The largest absolute Gasteiger partial charge is 0.341 e. The maximum absolute atomic E-state index is 13.5. The molecule has 0 spiro atoms. The Hall–Kier alpha value is -1.95. The van der Waals surface area contributed by atoms with E-state index in [1.165, 1.54) is 6.07 Å². The van der Waals surface area contributed by atoms with Gasteiger partial charge in [0.1, 0.15) is 11.9 Å². The number of rotatable bonds is 6. The zero-order valence-corrected chi connectivity index (χ0v) is 17.1. The molecular weight excluding hydrogens is 357 g/mol. The summed E-state index contributed by atoms with van der Waals surface area (Å²) in [6.07, 6.45) is 3.47. The second-order valence-corrected chi connectivity index (χ2v) is 7.90. The van der Waals surface area contributed by atoms with Crippen LogP contribution in [-0.4, -0.2) is 65.3 Å². The summed E-state index contributed by atoms with van der Waals surface area (Å²) < 4.78 is 13.5. The number of likely N-dealkylation sites (tertiary alicyclic amines) is 2. The van der Waals surface area contributed by atoms with E-state index >= 15 is 0 Å². The molecule has 0 aliphatic carbocycles. The molecule has 2 fully saturated rings. The molecule has 1 aromatic carbocycles. The molecule has 2 unspecified atom stereocenters. The first-order valence-corrected chi connectivity index (χ1v) is 10.6. The van der Waals surface area contributed by atoms with Crippen LogP contribution in [0.3, 0.4) is 0 Å². The molecule has 2 amide bonds. The van der Waals surface area contributed by atoms with Crippen LogP contribution in [0.4, 0.5) is 4.39 Å². The molecule has 2 aliphatic heterocycles. The Morgan fingerprint density at radius 1 is 1.14 bits per heavy atom. The Labute approximate surface area is 167 Å². The fourth-order valence-electron chi connectivity index (χ4n) is 4.56. The van der Waals surface area contributed by atoms with E-state index in [1.54, 1.807) is 12.1 Å². The van der Waals surface area contributed by atoms with E-state index in [1.807, 2.05) is 29.7 Å². The number of piperidine rings is 1. The van der Waals surface area contributed by atoms with Crippen molar-refractivity contribution in [2.75, 3.05) is 32.7 Å². The maximum Gasteiger partial charge on any atom is 0.245 e. The van der Waals surface area contributed by atoms with Crippen LogP contribution in [0.2, 0.25) is 0 Å². The molecule has 0 N–H and O–H groups in total. The molecule has 28 heavy (non-hydrogen) atoms. The lowest BCUT2D eigenvalue weighted by atomic mass is 9.95. The summed E-state index contributed by atoms with van der Waals surface area (Å²) >= 11 is 0. The Bertz CT molecular complexity index is 692. The van der Waals surface area contributed by atoms with E-state index in [4.69, 9.17) is 0 Å². The lowest BCUT2D eigenvalue weighted by Gasteiger charge is -2.36. The van der Waals surface area contributed by atoms with E-state index in [9.17, 15) is 14.0 Å². The van der Waals surface area contributed by atoms with E-state index in [0.29, 0.717) is 32.7 Å². The topological polar surface area (TPSA) is 43.9 Å². The van der Waals surface area contributed by atoms with Crippen LogP contribution in [0, 0.1) is 11.7 Å². The highest BCUT2D eigenvalue weighted by molar-refractivity contribution is 5.89. The van der Waals surface area contributed by atoms with Gasteiger partial charge >= 0.3 is 0 Å². The van der Waals surface area contributed by atoms with Crippen LogP contribution in [0.5, 0.6) is 0 Å². The first kappa shape index (κ1) is 20.8. The number of amides is 2.